The Balaban J connectivity index is 2.24. The van der Waals surface area contributed by atoms with E-state index in [-0.39, 0.29) is 6.61 Å². The minimum absolute atomic E-state index is 0.268. The molecule has 1 unspecified atom stereocenters. The zero-order valence-corrected chi connectivity index (χ0v) is 8.93. The van der Waals surface area contributed by atoms with Gasteiger partial charge in [0, 0.05) is 6.61 Å². The van der Waals surface area contributed by atoms with Gasteiger partial charge in [0.15, 0.2) is 0 Å². The normalized spacial score (nSPS) is 13.2. The molecule has 0 aliphatic rings. The van der Waals surface area contributed by atoms with Gasteiger partial charge in [-0.15, -0.1) is 0 Å². The van der Waals surface area contributed by atoms with E-state index < -0.39 is 0 Å². The van der Waals surface area contributed by atoms with Gasteiger partial charge in [-0.2, -0.15) is 11.8 Å². The maximum absolute atomic E-state index is 8.81. The van der Waals surface area contributed by atoms with Crippen LogP contribution in [0.5, 0.6) is 0 Å². The Morgan fingerprint density at radius 3 is 2.92 bits per heavy atom. The van der Waals surface area contributed by atoms with E-state index in [1.165, 1.54) is 5.56 Å². The predicted molar refractivity (Wildman–Crippen MR) is 55.9 cm³/mol. The molecule has 0 saturated carbocycles. The molecule has 3 heteroatoms. The molecule has 0 aliphatic heterocycles. The van der Waals surface area contributed by atoms with Crippen LogP contribution in [-0.4, -0.2) is 17.5 Å². The summed E-state index contributed by atoms with van der Waals surface area (Å²) in [5.41, 5.74) is 1.21. The molecular weight excluding hydrogens is 184 g/mol. The molecule has 1 N–H and O–H groups in total. The first-order valence-corrected chi connectivity index (χ1v) is 5.61. The molecule has 0 saturated heterocycles. The lowest BCUT2D eigenvalue weighted by molar-refractivity contribution is 0.250. The van der Waals surface area contributed by atoms with Crippen molar-refractivity contribution in [3.8, 4) is 0 Å². The summed E-state index contributed by atoms with van der Waals surface area (Å²) >= 11 is 1.80. The summed E-state index contributed by atoms with van der Waals surface area (Å²) in [7, 11) is 0. The van der Waals surface area contributed by atoms with Gasteiger partial charge in [-0.25, -0.2) is 0 Å². The van der Waals surface area contributed by atoms with E-state index in [0.717, 1.165) is 17.3 Å². The monoisotopic (exact) mass is 200 g/mol. The van der Waals surface area contributed by atoms with Crippen LogP contribution in [0.15, 0.2) is 16.7 Å². The molecule has 1 heterocycles. The smallest absolute Gasteiger partial charge is 0.116 e. The van der Waals surface area contributed by atoms with Crippen molar-refractivity contribution in [1.82, 2.24) is 0 Å². The number of rotatable bonds is 5. The lowest BCUT2D eigenvalue weighted by Gasteiger charge is -2.05. The molecule has 0 spiro atoms. The second-order valence-corrected chi connectivity index (χ2v) is 4.36. The molecule has 0 amide bonds. The highest BCUT2D eigenvalue weighted by molar-refractivity contribution is 7.98. The summed E-state index contributed by atoms with van der Waals surface area (Å²) in [6, 6.07) is 1.98. The third-order valence-corrected chi connectivity index (χ3v) is 3.19. The van der Waals surface area contributed by atoms with Crippen molar-refractivity contribution in [3.63, 3.8) is 0 Å². The first-order valence-electron chi connectivity index (χ1n) is 4.45. The van der Waals surface area contributed by atoms with Gasteiger partial charge in [-0.1, -0.05) is 6.92 Å². The van der Waals surface area contributed by atoms with Gasteiger partial charge in [-0.3, -0.25) is 0 Å². The zero-order chi connectivity index (χ0) is 9.68. The van der Waals surface area contributed by atoms with Gasteiger partial charge in [0.1, 0.15) is 5.76 Å². The molecule has 13 heavy (non-hydrogen) atoms. The fraction of sp³-hybridized carbons (Fsp3) is 0.600. The average Bonchev–Trinajstić information content (AvgIpc) is 2.52. The van der Waals surface area contributed by atoms with Gasteiger partial charge in [-0.05, 0) is 30.2 Å². The third-order valence-electron chi connectivity index (χ3n) is 1.92. The van der Waals surface area contributed by atoms with E-state index in [9.17, 15) is 0 Å². The number of aliphatic hydroxyl groups is 1. The Labute approximate surface area is 83.3 Å². The van der Waals surface area contributed by atoms with Crippen LogP contribution >= 0.6 is 11.8 Å². The third kappa shape index (κ3) is 3.44. The standard InChI is InChI=1S/C10H16O2S/c1-8(5-11)6-13-7-10-9(2)3-4-12-10/h3-4,8,11H,5-7H2,1-2H3. The van der Waals surface area contributed by atoms with Crippen LogP contribution in [0.4, 0.5) is 0 Å². The van der Waals surface area contributed by atoms with Crippen LogP contribution in [0.1, 0.15) is 18.2 Å². The summed E-state index contributed by atoms with van der Waals surface area (Å²) in [6.45, 7) is 4.36. The Morgan fingerprint density at radius 1 is 1.62 bits per heavy atom. The fourth-order valence-corrected chi connectivity index (χ4v) is 2.06. The maximum atomic E-state index is 8.81. The van der Waals surface area contributed by atoms with Crippen molar-refractivity contribution in [3.05, 3.63) is 23.7 Å². The second-order valence-electron chi connectivity index (χ2n) is 3.33. The molecule has 1 rings (SSSR count). The predicted octanol–water partition coefficient (Wildman–Crippen LogP) is 2.45. The Bertz CT molecular complexity index is 245. The van der Waals surface area contributed by atoms with Crippen LogP contribution in [0.2, 0.25) is 0 Å². The Morgan fingerprint density at radius 2 is 2.38 bits per heavy atom. The van der Waals surface area contributed by atoms with Gasteiger partial charge in [0.05, 0.1) is 12.0 Å². The van der Waals surface area contributed by atoms with Crippen LogP contribution in [0, 0.1) is 12.8 Å². The molecule has 2 nitrogen and oxygen atoms in total. The topological polar surface area (TPSA) is 33.4 Å². The summed E-state index contributed by atoms with van der Waals surface area (Å²) in [5.74, 6) is 3.32. The molecule has 1 aromatic rings. The minimum atomic E-state index is 0.268. The van der Waals surface area contributed by atoms with Crippen molar-refractivity contribution in [2.45, 2.75) is 19.6 Å². The number of aryl methyl sites for hydroxylation is 1. The molecule has 0 aliphatic carbocycles. The second kappa shape index (κ2) is 5.35. The highest BCUT2D eigenvalue weighted by Gasteiger charge is 2.04. The van der Waals surface area contributed by atoms with Crippen molar-refractivity contribution >= 4 is 11.8 Å². The van der Waals surface area contributed by atoms with Crippen LogP contribution in [-0.2, 0) is 5.75 Å². The summed E-state index contributed by atoms with van der Waals surface area (Å²) in [4.78, 5) is 0. The van der Waals surface area contributed by atoms with Crippen LogP contribution in [0.3, 0.4) is 0 Å². The summed E-state index contributed by atoms with van der Waals surface area (Å²) in [5, 5.41) is 8.81. The lowest BCUT2D eigenvalue weighted by atomic mass is 10.2. The number of thioether (sulfide) groups is 1. The summed E-state index contributed by atoms with van der Waals surface area (Å²) < 4.78 is 5.30. The maximum Gasteiger partial charge on any atom is 0.116 e. The molecule has 1 aromatic heterocycles. The fourth-order valence-electron chi connectivity index (χ4n) is 0.957. The minimum Gasteiger partial charge on any atom is -0.468 e. The lowest BCUT2D eigenvalue weighted by Crippen LogP contribution is -2.03. The number of hydrogen-bond donors (Lipinski definition) is 1. The van der Waals surface area contributed by atoms with Crippen LogP contribution < -0.4 is 0 Å². The van der Waals surface area contributed by atoms with E-state index in [1.807, 2.05) is 13.0 Å². The van der Waals surface area contributed by atoms with E-state index in [1.54, 1.807) is 18.0 Å². The van der Waals surface area contributed by atoms with Gasteiger partial charge in [0.2, 0.25) is 0 Å². The number of furan rings is 1. The van der Waals surface area contributed by atoms with Gasteiger partial charge in [0.25, 0.3) is 0 Å². The van der Waals surface area contributed by atoms with E-state index in [4.69, 9.17) is 9.52 Å². The molecule has 0 bridgehead atoms. The van der Waals surface area contributed by atoms with Gasteiger partial charge < -0.3 is 9.52 Å². The molecule has 0 aromatic carbocycles. The molecule has 74 valence electrons. The average molecular weight is 200 g/mol. The van der Waals surface area contributed by atoms with Crippen LogP contribution in [0.25, 0.3) is 0 Å². The largest absolute Gasteiger partial charge is 0.468 e. The molecule has 0 radical (unpaired) electrons. The summed E-state index contributed by atoms with van der Waals surface area (Å²) in [6.07, 6.45) is 1.72. The van der Waals surface area contributed by atoms with E-state index >= 15 is 0 Å². The quantitative estimate of drug-likeness (QED) is 0.792. The zero-order valence-electron chi connectivity index (χ0n) is 8.12. The highest BCUT2D eigenvalue weighted by Crippen LogP contribution is 2.18. The SMILES string of the molecule is Cc1ccoc1CSCC(C)CO. The van der Waals surface area contributed by atoms with Crippen molar-refractivity contribution in [1.29, 1.82) is 0 Å². The molecular formula is C10H16O2S. The van der Waals surface area contributed by atoms with Crippen molar-refractivity contribution in [2.24, 2.45) is 5.92 Å². The molecule has 0 fully saturated rings. The highest BCUT2D eigenvalue weighted by atomic mass is 32.2. The Hall–Kier alpha value is -0.410. The first kappa shape index (κ1) is 10.7. The van der Waals surface area contributed by atoms with Gasteiger partial charge >= 0.3 is 0 Å². The van der Waals surface area contributed by atoms with E-state index in [2.05, 4.69) is 6.92 Å². The van der Waals surface area contributed by atoms with Crippen molar-refractivity contribution in [2.75, 3.05) is 12.4 Å². The van der Waals surface area contributed by atoms with E-state index in [0.29, 0.717) is 5.92 Å². The molecule has 1 atom stereocenters. The Kier molecular flexibility index (Phi) is 4.39. The number of aliphatic hydroxyl groups excluding tert-OH is 1. The first-order chi connectivity index (χ1) is 6.24. The van der Waals surface area contributed by atoms with Crippen molar-refractivity contribution < 1.29 is 9.52 Å². The number of hydrogen-bond acceptors (Lipinski definition) is 3.